The van der Waals surface area contributed by atoms with Crippen molar-refractivity contribution < 1.29 is 24.2 Å². The number of imide groups is 1. The number of amides is 2. The van der Waals surface area contributed by atoms with Gasteiger partial charge in [-0.25, -0.2) is 0 Å². The van der Waals surface area contributed by atoms with Crippen LogP contribution in [0.25, 0.3) is 11.6 Å². The Kier molecular flexibility index (Phi) is 4.84. The topological polar surface area (TPSA) is 86.7 Å². The van der Waals surface area contributed by atoms with Crippen LogP contribution in [0.5, 0.6) is 5.75 Å². The van der Waals surface area contributed by atoms with Gasteiger partial charge in [-0.1, -0.05) is 30.3 Å². The van der Waals surface area contributed by atoms with E-state index in [1.54, 1.807) is 55.7 Å². The molecule has 0 unspecified atom stereocenters. The van der Waals surface area contributed by atoms with Crippen LogP contribution >= 0.6 is 0 Å². The van der Waals surface area contributed by atoms with Crippen molar-refractivity contribution in [3.8, 4) is 5.75 Å². The van der Waals surface area contributed by atoms with E-state index in [0.717, 1.165) is 10.5 Å². The summed E-state index contributed by atoms with van der Waals surface area (Å²) in [6.45, 7) is -0.232. The molecule has 0 fully saturated rings. The average molecular weight is 350 g/mol. The molecule has 0 radical (unpaired) electrons. The highest BCUT2D eigenvalue weighted by Crippen LogP contribution is 2.31. The molecular weight excluding hydrogens is 334 g/mol. The summed E-state index contributed by atoms with van der Waals surface area (Å²) < 4.78 is 5.19. The number of hydrogen-bond acceptors (Lipinski definition) is 5. The van der Waals surface area contributed by atoms with Crippen LogP contribution in [0.3, 0.4) is 0 Å². The monoisotopic (exact) mass is 350 g/mol. The molecular formula is C20H16NO5-. The quantitative estimate of drug-likeness (QED) is 0.600. The molecule has 0 spiro atoms. The van der Waals surface area contributed by atoms with Crippen LogP contribution in [-0.2, 0) is 9.59 Å². The summed E-state index contributed by atoms with van der Waals surface area (Å²) in [6, 6.07) is 13.9. The van der Waals surface area contributed by atoms with E-state index in [1.165, 1.54) is 0 Å². The Labute approximate surface area is 150 Å². The van der Waals surface area contributed by atoms with Crippen molar-refractivity contribution in [3.63, 3.8) is 0 Å². The van der Waals surface area contributed by atoms with Crippen molar-refractivity contribution in [2.75, 3.05) is 13.7 Å². The lowest BCUT2D eigenvalue weighted by Crippen LogP contribution is -2.43. The van der Waals surface area contributed by atoms with Gasteiger partial charge in [0.1, 0.15) is 5.75 Å². The highest BCUT2D eigenvalue weighted by atomic mass is 16.5. The first-order valence-electron chi connectivity index (χ1n) is 8.02. The standard InChI is InChI=1S/C20H17NO5/c1-26-14-6-4-5-13(11-14)12-17-15-7-2-3-8-16(15)19(24)21(20(17)25)10-9-18(22)23/h2-8,11-12H,9-10H2,1H3,(H,22,23)/p-1/b17-12-. The molecule has 0 N–H and O–H groups in total. The van der Waals surface area contributed by atoms with Gasteiger partial charge in [0.05, 0.1) is 7.11 Å². The second-order valence-electron chi connectivity index (χ2n) is 5.76. The number of nitrogens with zero attached hydrogens (tertiary/aromatic N) is 1. The van der Waals surface area contributed by atoms with Crippen molar-refractivity contribution in [3.05, 3.63) is 65.2 Å². The summed E-state index contributed by atoms with van der Waals surface area (Å²) in [5.74, 6) is -1.71. The van der Waals surface area contributed by atoms with E-state index in [2.05, 4.69) is 0 Å². The summed E-state index contributed by atoms with van der Waals surface area (Å²) >= 11 is 0. The number of rotatable bonds is 5. The Hall–Kier alpha value is -3.41. The lowest BCUT2D eigenvalue weighted by Gasteiger charge is -2.28. The Bertz CT molecular complexity index is 916. The Morgan fingerprint density at radius 2 is 1.81 bits per heavy atom. The van der Waals surface area contributed by atoms with E-state index in [0.29, 0.717) is 22.4 Å². The molecule has 0 saturated heterocycles. The first-order chi connectivity index (χ1) is 12.5. The smallest absolute Gasteiger partial charge is 0.261 e. The fourth-order valence-corrected chi connectivity index (χ4v) is 2.85. The van der Waals surface area contributed by atoms with Gasteiger partial charge in [-0.3, -0.25) is 14.5 Å². The number of methoxy groups -OCH3 is 1. The average Bonchev–Trinajstić information content (AvgIpc) is 2.65. The van der Waals surface area contributed by atoms with Crippen LogP contribution in [0, 0.1) is 0 Å². The van der Waals surface area contributed by atoms with Crippen LogP contribution < -0.4 is 9.84 Å². The van der Waals surface area contributed by atoms with Gasteiger partial charge < -0.3 is 14.6 Å². The number of carbonyl (C=O) groups is 3. The van der Waals surface area contributed by atoms with Crippen LogP contribution in [0.1, 0.15) is 27.9 Å². The van der Waals surface area contributed by atoms with E-state index < -0.39 is 24.2 Å². The largest absolute Gasteiger partial charge is 0.550 e. The van der Waals surface area contributed by atoms with E-state index in [-0.39, 0.29) is 6.54 Å². The van der Waals surface area contributed by atoms with Crippen molar-refractivity contribution in [2.45, 2.75) is 6.42 Å². The lowest BCUT2D eigenvalue weighted by molar-refractivity contribution is -0.305. The summed E-state index contributed by atoms with van der Waals surface area (Å²) in [5, 5.41) is 10.8. The van der Waals surface area contributed by atoms with E-state index in [4.69, 9.17) is 4.74 Å². The second-order valence-corrected chi connectivity index (χ2v) is 5.76. The van der Waals surface area contributed by atoms with Crippen molar-refractivity contribution in [2.24, 2.45) is 0 Å². The minimum atomic E-state index is -1.32. The molecule has 3 rings (SSSR count). The molecule has 0 aliphatic carbocycles. The third-order valence-electron chi connectivity index (χ3n) is 4.11. The van der Waals surface area contributed by atoms with Crippen molar-refractivity contribution in [1.29, 1.82) is 0 Å². The summed E-state index contributed by atoms with van der Waals surface area (Å²) in [7, 11) is 1.55. The molecule has 0 atom stereocenters. The van der Waals surface area contributed by atoms with Crippen LogP contribution in [-0.4, -0.2) is 36.3 Å². The maximum atomic E-state index is 12.9. The van der Waals surface area contributed by atoms with Gasteiger partial charge in [0, 0.05) is 30.1 Å². The second kappa shape index (κ2) is 7.23. The van der Waals surface area contributed by atoms with Gasteiger partial charge in [0.25, 0.3) is 11.8 Å². The maximum Gasteiger partial charge on any atom is 0.261 e. The number of fused-ring (bicyclic) bond motifs is 1. The highest BCUT2D eigenvalue weighted by molar-refractivity contribution is 6.33. The molecule has 2 amide bonds. The third kappa shape index (κ3) is 3.35. The summed E-state index contributed by atoms with van der Waals surface area (Å²) in [4.78, 5) is 37.1. The first kappa shape index (κ1) is 17.4. The number of carboxylic acids is 1. The SMILES string of the molecule is COc1cccc(/C=C2\C(=O)N(CCC(=O)[O-])C(=O)c3ccccc32)c1. The summed E-state index contributed by atoms with van der Waals surface area (Å²) in [5.41, 5.74) is 1.94. The van der Waals surface area contributed by atoms with Gasteiger partial charge in [-0.2, -0.15) is 0 Å². The summed E-state index contributed by atoms with van der Waals surface area (Å²) in [6.07, 6.45) is 1.26. The predicted molar refractivity (Wildman–Crippen MR) is 93.0 cm³/mol. The molecule has 26 heavy (non-hydrogen) atoms. The zero-order valence-corrected chi connectivity index (χ0v) is 14.1. The zero-order chi connectivity index (χ0) is 18.7. The number of ether oxygens (including phenoxy) is 1. The van der Waals surface area contributed by atoms with Gasteiger partial charge in [-0.05, 0) is 35.4 Å². The number of benzene rings is 2. The molecule has 0 bridgehead atoms. The molecule has 132 valence electrons. The zero-order valence-electron chi connectivity index (χ0n) is 14.1. The molecule has 0 saturated carbocycles. The van der Waals surface area contributed by atoms with E-state index >= 15 is 0 Å². The molecule has 1 heterocycles. The molecule has 6 nitrogen and oxygen atoms in total. The van der Waals surface area contributed by atoms with Crippen LogP contribution in [0.15, 0.2) is 48.5 Å². The minimum Gasteiger partial charge on any atom is -0.550 e. The Morgan fingerprint density at radius 1 is 1.08 bits per heavy atom. The fraction of sp³-hybridized carbons (Fsp3) is 0.150. The van der Waals surface area contributed by atoms with E-state index in [9.17, 15) is 19.5 Å². The minimum absolute atomic E-state index is 0.232. The van der Waals surface area contributed by atoms with Gasteiger partial charge in [0.2, 0.25) is 0 Å². The van der Waals surface area contributed by atoms with Crippen LogP contribution in [0.4, 0.5) is 0 Å². The predicted octanol–water partition coefficient (Wildman–Crippen LogP) is 1.36. The molecule has 6 heteroatoms. The first-order valence-corrected chi connectivity index (χ1v) is 8.02. The molecule has 0 aromatic heterocycles. The number of carboxylic acid groups (broad SMARTS) is 1. The molecule has 2 aromatic carbocycles. The molecule has 1 aliphatic heterocycles. The van der Waals surface area contributed by atoms with Gasteiger partial charge in [-0.15, -0.1) is 0 Å². The third-order valence-corrected chi connectivity index (χ3v) is 4.11. The Morgan fingerprint density at radius 3 is 2.50 bits per heavy atom. The van der Waals surface area contributed by atoms with Crippen molar-refractivity contribution >= 4 is 29.4 Å². The number of hydrogen-bond donors (Lipinski definition) is 0. The number of aliphatic carboxylic acids is 1. The van der Waals surface area contributed by atoms with E-state index in [1.807, 2.05) is 6.07 Å². The highest BCUT2D eigenvalue weighted by Gasteiger charge is 2.34. The van der Waals surface area contributed by atoms with Gasteiger partial charge in [0.15, 0.2) is 0 Å². The maximum absolute atomic E-state index is 12.9. The molecule has 2 aromatic rings. The number of carbonyl (C=O) groups excluding carboxylic acids is 3. The van der Waals surface area contributed by atoms with Crippen LogP contribution in [0.2, 0.25) is 0 Å². The Balaban J connectivity index is 2.08. The normalized spacial score (nSPS) is 15.1. The van der Waals surface area contributed by atoms with Crippen molar-refractivity contribution in [1.82, 2.24) is 4.90 Å². The molecule has 1 aliphatic rings. The lowest BCUT2D eigenvalue weighted by atomic mass is 9.92. The fourth-order valence-electron chi connectivity index (χ4n) is 2.85. The van der Waals surface area contributed by atoms with Gasteiger partial charge >= 0.3 is 0 Å².